The highest BCUT2D eigenvalue weighted by Crippen LogP contribution is 2.34. The number of ether oxygens (including phenoxy) is 2. The Morgan fingerprint density at radius 1 is 1.20 bits per heavy atom. The second-order valence-corrected chi connectivity index (χ2v) is 8.12. The van der Waals surface area contributed by atoms with Crippen molar-refractivity contribution in [3.8, 4) is 5.75 Å². The number of ketones is 1. The summed E-state index contributed by atoms with van der Waals surface area (Å²) in [6, 6.07) is 7.15. The van der Waals surface area contributed by atoms with Crippen LogP contribution in [-0.4, -0.2) is 61.1 Å². The highest BCUT2D eigenvalue weighted by molar-refractivity contribution is 6.05. The van der Waals surface area contributed by atoms with Crippen LogP contribution in [0.1, 0.15) is 51.0 Å². The molecule has 2 heterocycles. The van der Waals surface area contributed by atoms with Crippen molar-refractivity contribution in [3.63, 3.8) is 0 Å². The summed E-state index contributed by atoms with van der Waals surface area (Å²) in [4.78, 5) is 29.2. The van der Waals surface area contributed by atoms with Crippen LogP contribution >= 0.6 is 0 Å². The van der Waals surface area contributed by atoms with Crippen LogP contribution in [0, 0.1) is 12.8 Å². The molecule has 1 aliphatic carbocycles. The Bertz CT molecular complexity index is 939. The van der Waals surface area contributed by atoms with Gasteiger partial charge in [-0.05, 0) is 56.0 Å². The van der Waals surface area contributed by atoms with Gasteiger partial charge in [0.25, 0.3) is 5.91 Å². The summed E-state index contributed by atoms with van der Waals surface area (Å²) in [5.74, 6) is 0.829. The molecule has 6 heteroatoms. The number of benzene rings is 1. The molecule has 1 unspecified atom stereocenters. The fraction of sp³-hybridized carbons (Fsp3) is 0.500. The van der Waals surface area contributed by atoms with Crippen molar-refractivity contribution in [1.29, 1.82) is 0 Å². The van der Waals surface area contributed by atoms with Crippen molar-refractivity contribution in [3.05, 3.63) is 52.3 Å². The molecule has 2 aliphatic rings. The van der Waals surface area contributed by atoms with Crippen LogP contribution in [0.15, 0.2) is 24.3 Å². The van der Waals surface area contributed by atoms with Crippen molar-refractivity contribution < 1.29 is 19.1 Å². The molecule has 1 saturated heterocycles. The van der Waals surface area contributed by atoms with E-state index in [-0.39, 0.29) is 17.6 Å². The average molecular weight is 411 g/mol. The van der Waals surface area contributed by atoms with E-state index in [0.717, 1.165) is 74.6 Å². The van der Waals surface area contributed by atoms with Crippen molar-refractivity contribution in [1.82, 2.24) is 9.47 Å². The molecule has 0 saturated carbocycles. The summed E-state index contributed by atoms with van der Waals surface area (Å²) >= 11 is 0. The number of methoxy groups -OCH3 is 1. The first-order valence-electron chi connectivity index (χ1n) is 10.8. The maximum atomic E-state index is 13.5. The van der Waals surface area contributed by atoms with Crippen molar-refractivity contribution in [2.75, 3.05) is 40.0 Å². The van der Waals surface area contributed by atoms with E-state index in [1.165, 1.54) is 0 Å². The molecule has 0 amide bonds. The number of hydrogen-bond acceptors (Lipinski definition) is 5. The van der Waals surface area contributed by atoms with E-state index in [9.17, 15) is 9.59 Å². The fourth-order valence-electron chi connectivity index (χ4n) is 4.82. The smallest absolute Gasteiger partial charge is 0.262 e. The van der Waals surface area contributed by atoms with Gasteiger partial charge in [-0.2, -0.15) is 0 Å². The Morgan fingerprint density at radius 2 is 1.90 bits per heavy atom. The molecule has 30 heavy (non-hydrogen) atoms. The normalized spacial score (nSPS) is 19.6. The summed E-state index contributed by atoms with van der Waals surface area (Å²) in [7, 11) is 1.61. The highest BCUT2D eigenvalue weighted by Gasteiger charge is 2.36. The van der Waals surface area contributed by atoms with Crippen molar-refractivity contribution >= 4 is 11.7 Å². The maximum absolute atomic E-state index is 13.5. The van der Waals surface area contributed by atoms with E-state index in [0.29, 0.717) is 11.3 Å². The van der Waals surface area contributed by atoms with Gasteiger partial charge in [-0.3, -0.25) is 19.1 Å². The van der Waals surface area contributed by atoms with Crippen molar-refractivity contribution in [2.24, 2.45) is 5.92 Å². The minimum Gasteiger partial charge on any atom is -0.497 e. The third kappa shape index (κ3) is 3.70. The first-order valence-corrected chi connectivity index (χ1v) is 10.8. The lowest BCUT2D eigenvalue weighted by Gasteiger charge is -2.31. The van der Waals surface area contributed by atoms with Gasteiger partial charge in [-0.1, -0.05) is 6.92 Å². The van der Waals surface area contributed by atoms with Crippen molar-refractivity contribution in [2.45, 2.75) is 33.1 Å². The number of aromatic nitrogens is 1. The summed E-state index contributed by atoms with van der Waals surface area (Å²) in [6.07, 6.45) is 2.28. The Balaban J connectivity index is 1.66. The summed E-state index contributed by atoms with van der Waals surface area (Å²) in [6.45, 7) is 8.03. The lowest BCUT2D eigenvalue weighted by molar-refractivity contribution is 0.0291. The zero-order chi connectivity index (χ0) is 21.3. The van der Waals surface area contributed by atoms with Crippen LogP contribution in [0.5, 0.6) is 5.75 Å². The van der Waals surface area contributed by atoms with E-state index < -0.39 is 0 Å². The average Bonchev–Trinajstić information content (AvgIpc) is 3.07. The van der Waals surface area contributed by atoms with E-state index in [4.69, 9.17) is 9.47 Å². The molecule has 1 aromatic carbocycles. The zero-order valence-electron chi connectivity index (χ0n) is 18.1. The Hall–Kier alpha value is -2.44. The molecule has 1 aliphatic heterocycles. The number of carbonyl (C=O) groups excluding carboxylic acids is 2. The van der Waals surface area contributed by atoms with Gasteiger partial charge in [0.15, 0.2) is 5.78 Å². The van der Waals surface area contributed by atoms with E-state index in [1.54, 1.807) is 35.9 Å². The molecule has 0 spiro atoms. The number of nitrogens with zero attached hydrogens (tertiary/aromatic N) is 2. The van der Waals surface area contributed by atoms with Gasteiger partial charge in [0.2, 0.25) is 0 Å². The molecule has 4 rings (SSSR count). The number of rotatable bonds is 5. The molecule has 160 valence electrons. The zero-order valence-corrected chi connectivity index (χ0v) is 18.1. The first kappa shape index (κ1) is 20.8. The predicted molar refractivity (Wildman–Crippen MR) is 115 cm³/mol. The molecule has 1 aromatic heterocycles. The lowest BCUT2D eigenvalue weighted by atomic mass is 9.83. The topological polar surface area (TPSA) is 60.8 Å². The predicted octanol–water partition coefficient (Wildman–Crippen LogP) is 3.13. The minimum absolute atomic E-state index is 0.00719. The second kappa shape index (κ2) is 8.74. The molecule has 0 bridgehead atoms. The van der Waals surface area contributed by atoms with Crippen LogP contribution in [-0.2, 0) is 17.6 Å². The van der Waals surface area contributed by atoms with Gasteiger partial charge >= 0.3 is 0 Å². The monoisotopic (exact) mass is 410 g/mol. The van der Waals surface area contributed by atoms with Crippen LogP contribution in [0.25, 0.3) is 0 Å². The minimum atomic E-state index is -0.0782. The van der Waals surface area contributed by atoms with Gasteiger partial charge < -0.3 is 9.47 Å². The number of morpholine rings is 1. The van der Waals surface area contributed by atoms with Gasteiger partial charge in [-0.25, -0.2) is 0 Å². The number of hydrogen-bond donors (Lipinski definition) is 0. The van der Waals surface area contributed by atoms with E-state index in [1.807, 2.05) is 6.92 Å². The summed E-state index contributed by atoms with van der Waals surface area (Å²) in [5.41, 5.74) is 4.18. The third-order valence-electron chi connectivity index (χ3n) is 6.46. The Kier molecular flexibility index (Phi) is 6.06. The lowest BCUT2D eigenvalue weighted by Crippen LogP contribution is -2.42. The van der Waals surface area contributed by atoms with Gasteiger partial charge in [0.1, 0.15) is 5.75 Å². The largest absolute Gasteiger partial charge is 0.497 e. The molecule has 0 radical (unpaired) electrons. The molecule has 1 atom stereocenters. The van der Waals surface area contributed by atoms with Gasteiger partial charge in [0.05, 0.1) is 20.3 Å². The molecule has 0 N–H and O–H groups in total. The number of Topliss-reactive ketones (excluding diaryl/α,β-unsaturated/α-hetero) is 1. The summed E-state index contributed by atoms with van der Waals surface area (Å²) in [5, 5.41) is 0. The van der Waals surface area contributed by atoms with Gasteiger partial charge in [-0.15, -0.1) is 0 Å². The molecule has 1 fully saturated rings. The number of fused-ring (bicyclic) bond motifs is 1. The maximum Gasteiger partial charge on any atom is 0.262 e. The van der Waals surface area contributed by atoms with Gasteiger partial charge in [0, 0.05) is 48.1 Å². The quantitative estimate of drug-likeness (QED) is 0.758. The van der Waals surface area contributed by atoms with Crippen LogP contribution < -0.4 is 4.74 Å². The second-order valence-electron chi connectivity index (χ2n) is 8.12. The molecule has 2 aromatic rings. The van der Waals surface area contributed by atoms with Crippen LogP contribution in [0.4, 0.5) is 0 Å². The van der Waals surface area contributed by atoms with E-state index >= 15 is 0 Å². The number of carbonyl (C=O) groups is 2. The van der Waals surface area contributed by atoms with E-state index in [2.05, 4.69) is 11.8 Å². The van der Waals surface area contributed by atoms with Crippen LogP contribution in [0.3, 0.4) is 0 Å². The fourth-order valence-corrected chi connectivity index (χ4v) is 4.82. The third-order valence-corrected chi connectivity index (χ3v) is 6.46. The summed E-state index contributed by atoms with van der Waals surface area (Å²) < 4.78 is 12.4. The molecular weight excluding hydrogens is 380 g/mol. The Labute approximate surface area is 177 Å². The highest BCUT2D eigenvalue weighted by atomic mass is 16.5. The SMILES string of the molecule is CCc1c2c(n(C(=O)c3ccc(OC)cc3)c1C)CCC(CN1CCOCC1)C2=O. The molecular formula is C24H30N2O4. The Morgan fingerprint density at radius 3 is 2.53 bits per heavy atom. The molecule has 6 nitrogen and oxygen atoms in total. The van der Waals surface area contributed by atoms with Crippen LogP contribution in [0.2, 0.25) is 0 Å². The standard InChI is InChI=1S/C24H30N2O4/c1-4-20-16(2)26(24(28)17-5-8-19(29-3)9-6-17)21-10-7-18(23(27)22(20)21)15-25-11-13-30-14-12-25/h5-6,8-9,18H,4,7,10-15H2,1-3H3. The first-order chi connectivity index (χ1) is 14.5.